The first-order valence-electron chi connectivity index (χ1n) is 8.97. The summed E-state index contributed by atoms with van der Waals surface area (Å²) in [5.74, 6) is -0.318. The molecule has 1 unspecified atom stereocenters. The summed E-state index contributed by atoms with van der Waals surface area (Å²) in [6.07, 6.45) is 8.38. The van der Waals surface area contributed by atoms with Gasteiger partial charge in [0.05, 0.1) is 13.0 Å². The molecule has 0 aliphatic rings. The van der Waals surface area contributed by atoms with Crippen LogP contribution in [0.25, 0.3) is 0 Å². The lowest BCUT2D eigenvalue weighted by Crippen LogP contribution is -2.42. The van der Waals surface area contributed by atoms with Crippen molar-refractivity contribution in [1.29, 1.82) is 0 Å². The number of para-hydroxylation sites is 1. The van der Waals surface area contributed by atoms with Crippen LogP contribution in [-0.2, 0) is 14.2 Å². The Labute approximate surface area is 147 Å². The van der Waals surface area contributed by atoms with Gasteiger partial charge in [-0.2, -0.15) is 0 Å². The van der Waals surface area contributed by atoms with Crippen LogP contribution in [0.5, 0.6) is 5.75 Å². The lowest BCUT2D eigenvalue weighted by Gasteiger charge is -2.37. The van der Waals surface area contributed by atoms with Gasteiger partial charge in [0, 0.05) is 26.9 Å². The Morgan fingerprint density at radius 3 is 2.00 bits per heavy atom. The molecule has 0 bridgehead atoms. The highest BCUT2D eigenvalue weighted by Gasteiger charge is 2.42. The minimum absolute atomic E-state index is 0.0557. The van der Waals surface area contributed by atoms with Crippen LogP contribution in [0, 0.1) is 0 Å². The summed E-state index contributed by atoms with van der Waals surface area (Å²) >= 11 is 0. The van der Waals surface area contributed by atoms with Crippen molar-refractivity contribution in [3.63, 3.8) is 0 Å². The third kappa shape index (κ3) is 5.47. The van der Waals surface area contributed by atoms with E-state index >= 15 is 0 Å². The van der Waals surface area contributed by atoms with Gasteiger partial charge in [0.15, 0.2) is 0 Å². The summed E-state index contributed by atoms with van der Waals surface area (Å²) in [5, 5.41) is 0. The molecule has 4 heteroatoms. The highest BCUT2D eigenvalue weighted by atomic mass is 16.9. The van der Waals surface area contributed by atoms with Crippen LogP contribution in [0.4, 0.5) is 0 Å². The van der Waals surface area contributed by atoms with E-state index in [0.717, 1.165) is 24.2 Å². The molecule has 1 atom stereocenters. The molecule has 0 saturated heterocycles. The predicted octanol–water partition coefficient (Wildman–Crippen LogP) is 5.12. The molecule has 0 spiro atoms. The summed E-state index contributed by atoms with van der Waals surface area (Å²) in [6.45, 7) is 2.24. The third-order valence-corrected chi connectivity index (χ3v) is 4.64. The third-order valence-electron chi connectivity index (χ3n) is 4.64. The topological polar surface area (TPSA) is 36.9 Å². The summed E-state index contributed by atoms with van der Waals surface area (Å²) < 4.78 is 22.5. The zero-order valence-electron chi connectivity index (χ0n) is 16.0. The lowest BCUT2D eigenvalue weighted by molar-refractivity contribution is -0.365. The smallest absolute Gasteiger partial charge is 0.289 e. The van der Waals surface area contributed by atoms with Gasteiger partial charge in [-0.15, -0.1) is 0 Å². The van der Waals surface area contributed by atoms with Gasteiger partial charge in [-0.3, -0.25) is 0 Å². The van der Waals surface area contributed by atoms with Crippen molar-refractivity contribution in [2.75, 3.05) is 28.4 Å². The van der Waals surface area contributed by atoms with Gasteiger partial charge in [-0.25, -0.2) is 0 Å². The molecule has 1 rings (SSSR count). The Hall–Kier alpha value is -1.10. The largest absolute Gasteiger partial charge is 0.496 e. The monoisotopic (exact) mass is 338 g/mol. The fourth-order valence-electron chi connectivity index (χ4n) is 3.28. The average Bonchev–Trinajstić information content (AvgIpc) is 2.64. The zero-order valence-corrected chi connectivity index (χ0v) is 16.0. The number of hydrogen-bond acceptors (Lipinski definition) is 4. The van der Waals surface area contributed by atoms with Gasteiger partial charge in [0.25, 0.3) is 5.97 Å². The standard InChI is InChI=1S/C20H34O4/c1-6-7-8-9-10-11-15-18(20(22-3,23-4)24-5)17-14-12-13-16-19(17)21-2/h12-14,16,18H,6-11,15H2,1-5H3. The van der Waals surface area contributed by atoms with E-state index in [1.54, 1.807) is 28.4 Å². The lowest BCUT2D eigenvalue weighted by atomic mass is 9.89. The molecule has 0 radical (unpaired) electrons. The minimum Gasteiger partial charge on any atom is -0.496 e. The number of ether oxygens (including phenoxy) is 4. The SMILES string of the molecule is CCCCCCCCC(c1ccccc1OC)C(OC)(OC)OC. The number of rotatable bonds is 13. The van der Waals surface area contributed by atoms with Crippen LogP contribution in [-0.4, -0.2) is 34.4 Å². The van der Waals surface area contributed by atoms with Crippen molar-refractivity contribution < 1.29 is 18.9 Å². The summed E-state index contributed by atoms with van der Waals surface area (Å²) in [6, 6.07) is 8.01. The van der Waals surface area contributed by atoms with Crippen LogP contribution < -0.4 is 4.74 Å². The molecule has 0 aromatic heterocycles. The predicted molar refractivity (Wildman–Crippen MR) is 97.5 cm³/mol. The van der Waals surface area contributed by atoms with E-state index in [-0.39, 0.29) is 5.92 Å². The molecule has 0 aliphatic heterocycles. The Kier molecular flexibility index (Phi) is 9.99. The van der Waals surface area contributed by atoms with Gasteiger partial charge < -0.3 is 18.9 Å². The molecule has 0 saturated carbocycles. The van der Waals surface area contributed by atoms with E-state index < -0.39 is 5.97 Å². The quantitative estimate of drug-likeness (QED) is 0.369. The molecule has 4 nitrogen and oxygen atoms in total. The van der Waals surface area contributed by atoms with E-state index in [1.165, 1.54) is 32.1 Å². The zero-order chi connectivity index (χ0) is 17.8. The van der Waals surface area contributed by atoms with Crippen LogP contribution in [0.3, 0.4) is 0 Å². The number of hydrogen-bond donors (Lipinski definition) is 0. The molecule has 138 valence electrons. The van der Waals surface area contributed by atoms with Crippen molar-refractivity contribution in [2.45, 2.75) is 63.8 Å². The maximum atomic E-state index is 5.65. The molecule has 1 aromatic carbocycles. The van der Waals surface area contributed by atoms with E-state index in [4.69, 9.17) is 18.9 Å². The minimum atomic E-state index is -1.10. The van der Waals surface area contributed by atoms with Crippen molar-refractivity contribution in [1.82, 2.24) is 0 Å². The van der Waals surface area contributed by atoms with E-state index in [2.05, 4.69) is 13.0 Å². The van der Waals surface area contributed by atoms with Crippen LogP contribution in [0.2, 0.25) is 0 Å². The number of benzene rings is 1. The Bertz CT molecular complexity index is 435. The highest BCUT2D eigenvalue weighted by molar-refractivity contribution is 5.37. The van der Waals surface area contributed by atoms with Gasteiger partial charge in [-0.05, 0) is 12.5 Å². The second-order valence-electron chi connectivity index (χ2n) is 6.07. The first kappa shape index (κ1) is 20.9. The van der Waals surface area contributed by atoms with Gasteiger partial charge in [0.1, 0.15) is 5.75 Å². The van der Waals surface area contributed by atoms with Crippen molar-refractivity contribution in [3.05, 3.63) is 29.8 Å². The first-order valence-corrected chi connectivity index (χ1v) is 8.97. The summed E-state index contributed by atoms with van der Waals surface area (Å²) in [7, 11) is 6.55. The van der Waals surface area contributed by atoms with Crippen LogP contribution >= 0.6 is 0 Å². The highest BCUT2D eigenvalue weighted by Crippen LogP contribution is 2.40. The van der Waals surface area contributed by atoms with Crippen LogP contribution in [0.1, 0.15) is 63.4 Å². The number of methoxy groups -OCH3 is 4. The van der Waals surface area contributed by atoms with Crippen LogP contribution in [0.15, 0.2) is 24.3 Å². The van der Waals surface area contributed by atoms with Crippen molar-refractivity contribution in [3.8, 4) is 5.75 Å². The molecule has 0 amide bonds. The normalized spacial score (nSPS) is 13.0. The average molecular weight is 338 g/mol. The fraction of sp³-hybridized carbons (Fsp3) is 0.700. The molecular formula is C20H34O4. The van der Waals surface area contributed by atoms with Gasteiger partial charge in [0.2, 0.25) is 0 Å². The Balaban J connectivity index is 2.91. The van der Waals surface area contributed by atoms with E-state index in [9.17, 15) is 0 Å². The summed E-state index contributed by atoms with van der Waals surface area (Å²) in [4.78, 5) is 0. The molecule has 0 heterocycles. The molecular weight excluding hydrogens is 304 g/mol. The van der Waals surface area contributed by atoms with Crippen molar-refractivity contribution >= 4 is 0 Å². The molecule has 24 heavy (non-hydrogen) atoms. The molecule has 1 aromatic rings. The Morgan fingerprint density at radius 2 is 1.42 bits per heavy atom. The van der Waals surface area contributed by atoms with E-state index in [0.29, 0.717) is 0 Å². The van der Waals surface area contributed by atoms with Gasteiger partial charge in [-0.1, -0.05) is 63.6 Å². The first-order chi connectivity index (χ1) is 11.7. The fourth-order valence-corrected chi connectivity index (χ4v) is 3.28. The Morgan fingerprint density at radius 1 is 0.833 bits per heavy atom. The molecule has 0 N–H and O–H groups in total. The number of unbranched alkanes of at least 4 members (excludes halogenated alkanes) is 5. The molecule has 0 aliphatic carbocycles. The van der Waals surface area contributed by atoms with Gasteiger partial charge >= 0.3 is 0 Å². The molecule has 0 fully saturated rings. The maximum Gasteiger partial charge on any atom is 0.289 e. The van der Waals surface area contributed by atoms with Crippen molar-refractivity contribution in [2.24, 2.45) is 0 Å². The maximum absolute atomic E-state index is 5.65. The summed E-state index contributed by atoms with van der Waals surface area (Å²) in [5.41, 5.74) is 1.05. The van der Waals surface area contributed by atoms with E-state index in [1.807, 2.05) is 18.2 Å². The second-order valence-corrected chi connectivity index (χ2v) is 6.07. The second kappa shape index (κ2) is 11.5.